The van der Waals surface area contributed by atoms with Crippen LogP contribution in [0, 0.1) is 0 Å². The van der Waals surface area contributed by atoms with Gasteiger partial charge in [-0.2, -0.15) is 0 Å². The fraction of sp³-hybridized carbons (Fsp3) is 1.00. The van der Waals surface area contributed by atoms with E-state index in [4.69, 9.17) is 0 Å². The van der Waals surface area contributed by atoms with Gasteiger partial charge in [0, 0.05) is 24.8 Å². The minimum absolute atomic E-state index is 0. The van der Waals surface area contributed by atoms with Gasteiger partial charge in [0.1, 0.15) is 0 Å². The summed E-state index contributed by atoms with van der Waals surface area (Å²) in [7, 11) is 0. The maximum absolute atomic E-state index is 3.43. The molecule has 1 heterocycles. The van der Waals surface area contributed by atoms with E-state index in [9.17, 15) is 0 Å². The molecule has 2 fully saturated rings. The molecular weight excluding hydrogens is 160 g/mol. The molecule has 0 atom stereocenters. The molecule has 1 saturated heterocycles. The summed E-state index contributed by atoms with van der Waals surface area (Å²) in [5.41, 5.74) is 0.605. The van der Waals surface area contributed by atoms with Gasteiger partial charge >= 0.3 is 0 Å². The van der Waals surface area contributed by atoms with Crippen LogP contribution in [-0.4, -0.2) is 29.7 Å². The Bertz CT molecular complexity index is 139. The maximum atomic E-state index is 3.43. The van der Waals surface area contributed by atoms with Crippen molar-refractivity contribution in [1.82, 2.24) is 10.2 Å². The Labute approximate surface area is 83.7 Å². The first-order chi connectivity index (χ1) is 5.75. The van der Waals surface area contributed by atoms with Crippen LogP contribution in [0.5, 0.6) is 0 Å². The Hall–Kier alpha value is -0.0800. The van der Waals surface area contributed by atoms with E-state index in [0.29, 0.717) is 5.54 Å². The van der Waals surface area contributed by atoms with Gasteiger partial charge < -0.3 is 5.32 Å². The summed E-state index contributed by atoms with van der Waals surface area (Å²) in [5.74, 6) is 0. The third-order valence-electron chi connectivity index (χ3n) is 2.80. The zero-order valence-electron chi connectivity index (χ0n) is 8.85. The topological polar surface area (TPSA) is 15.3 Å². The molecule has 2 nitrogen and oxygen atoms in total. The van der Waals surface area contributed by atoms with Crippen LogP contribution in [0.1, 0.15) is 48.0 Å². The van der Waals surface area contributed by atoms with Gasteiger partial charge in [-0.05, 0) is 26.7 Å². The summed E-state index contributed by atoms with van der Waals surface area (Å²) in [6.07, 6.45) is 2.83. The molecule has 1 spiro atoms. The molecular formula is C11H26N2. The lowest BCUT2D eigenvalue weighted by Crippen LogP contribution is -2.38. The highest BCUT2D eigenvalue weighted by atomic mass is 15.4. The SMILES string of the molecule is C.CC.CC(C)N1CNCC12CC2. The predicted molar refractivity (Wildman–Crippen MR) is 59.9 cm³/mol. The molecule has 0 aromatic heterocycles. The first-order valence-corrected chi connectivity index (χ1v) is 5.22. The Morgan fingerprint density at radius 1 is 1.23 bits per heavy atom. The lowest BCUT2D eigenvalue weighted by molar-refractivity contribution is 0.191. The molecule has 0 aromatic carbocycles. The van der Waals surface area contributed by atoms with E-state index in [2.05, 4.69) is 24.1 Å². The highest BCUT2D eigenvalue weighted by Gasteiger charge is 2.51. The molecule has 2 rings (SSSR count). The van der Waals surface area contributed by atoms with Crippen LogP contribution in [0.3, 0.4) is 0 Å². The van der Waals surface area contributed by atoms with Gasteiger partial charge in [-0.15, -0.1) is 0 Å². The molecule has 0 bridgehead atoms. The Morgan fingerprint density at radius 3 is 2.08 bits per heavy atom. The summed E-state index contributed by atoms with van der Waals surface area (Å²) in [4.78, 5) is 2.59. The van der Waals surface area contributed by atoms with Crippen molar-refractivity contribution in [2.24, 2.45) is 0 Å². The molecule has 0 amide bonds. The normalized spacial score (nSPS) is 23.8. The van der Waals surface area contributed by atoms with Crippen LogP contribution < -0.4 is 5.32 Å². The van der Waals surface area contributed by atoms with E-state index in [1.54, 1.807) is 0 Å². The van der Waals surface area contributed by atoms with Crippen molar-refractivity contribution >= 4 is 0 Å². The second-order valence-electron chi connectivity index (χ2n) is 3.87. The van der Waals surface area contributed by atoms with E-state index in [0.717, 1.165) is 12.7 Å². The second-order valence-corrected chi connectivity index (χ2v) is 3.87. The minimum Gasteiger partial charge on any atom is -0.302 e. The molecule has 1 aliphatic heterocycles. The summed E-state index contributed by atoms with van der Waals surface area (Å²) in [6, 6.07) is 0.720. The first-order valence-electron chi connectivity index (χ1n) is 5.22. The van der Waals surface area contributed by atoms with E-state index < -0.39 is 0 Å². The summed E-state index contributed by atoms with van der Waals surface area (Å²) < 4.78 is 0. The molecule has 2 aliphatic rings. The van der Waals surface area contributed by atoms with E-state index in [1.165, 1.54) is 19.4 Å². The molecule has 0 radical (unpaired) electrons. The largest absolute Gasteiger partial charge is 0.302 e. The van der Waals surface area contributed by atoms with Crippen molar-refractivity contribution in [2.45, 2.75) is 59.5 Å². The number of nitrogens with one attached hydrogen (secondary N) is 1. The van der Waals surface area contributed by atoms with E-state index >= 15 is 0 Å². The maximum Gasteiger partial charge on any atom is 0.0489 e. The second kappa shape index (κ2) is 4.97. The van der Waals surface area contributed by atoms with Crippen LogP contribution in [0.4, 0.5) is 0 Å². The van der Waals surface area contributed by atoms with Crippen LogP contribution in [0.15, 0.2) is 0 Å². The summed E-state index contributed by atoms with van der Waals surface area (Å²) in [6.45, 7) is 10.9. The van der Waals surface area contributed by atoms with Crippen molar-refractivity contribution < 1.29 is 0 Å². The van der Waals surface area contributed by atoms with Gasteiger partial charge in [-0.3, -0.25) is 4.90 Å². The number of hydrogen-bond donors (Lipinski definition) is 1. The van der Waals surface area contributed by atoms with Crippen molar-refractivity contribution in [2.75, 3.05) is 13.2 Å². The fourth-order valence-corrected chi connectivity index (χ4v) is 2.02. The van der Waals surface area contributed by atoms with E-state index in [1.807, 2.05) is 13.8 Å². The molecule has 13 heavy (non-hydrogen) atoms. The Kier molecular flexibility index (Phi) is 4.93. The molecule has 2 heteroatoms. The van der Waals surface area contributed by atoms with Crippen LogP contribution in [0.25, 0.3) is 0 Å². The van der Waals surface area contributed by atoms with Gasteiger partial charge in [0.2, 0.25) is 0 Å². The van der Waals surface area contributed by atoms with Crippen LogP contribution in [0.2, 0.25) is 0 Å². The smallest absolute Gasteiger partial charge is 0.0489 e. The Morgan fingerprint density at radius 2 is 1.77 bits per heavy atom. The molecule has 0 unspecified atom stereocenters. The van der Waals surface area contributed by atoms with Gasteiger partial charge in [-0.25, -0.2) is 0 Å². The molecule has 1 saturated carbocycles. The predicted octanol–water partition coefficient (Wildman–Crippen LogP) is 2.45. The lowest BCUT2D eigenvalue weighted by Gasteiger charge is -2.26. The highest BCUT2D eigenvalue weighted by molar-refractivity contribution is 5.09. The highest BCUT2D eigenvalue weighted by Crippen LogP contribution is 2.44. The van der Waals surface area contributed by atoms with E-state index in [-0.39, 0.29) is 7.43 Å². The molecule has 1 N–H and O–H groups in total. The minimum atomic E-state index is 0. The zero-order valence-corrected chi connectivity index (χ0v) is 8.85. The summed E-state index contributed by atoms with van der Waals surface area (Å²) >= 11 is 0. The standard InChI is InChI=1S/C8H16N2.C2H6.CH4/c1-7(2)10-6-9-5-8(10)3-4-8;1-2;/h7,9H,3-6H2,1-2H3;1-2H3;1H4. The molecule has 1 aliphatic carbocycles. The monoisotopic (exact) mass is 186 g/mol. The molecule has 80 valence electrons. The first kappa shape index (κ1) is 12.9. The van der Waals surface area contributed by atoms with Gasteiger partial charge in [0.15, 0.2) is 0 Å². The lowest BCUT2D eigenvalue weighted by atomic mass is 10.2. The van der Waals surface area contributed by atoms with Crippen molar-refractivity contribution in [3.8, 4) is 0 Å². The molecule has 0 aromatic rings. The van der Waals surface area contributed by atoms with Crippen molar-refractivity contribution in [3.05, 3.63) is 0 Å². The van der Waals surface area contributed by atoms with Crippen LogP contribution >= 0.6 is 0 Å². The van der Waals surface area contributed by atoms with Gasteiger partial charge in [0.05, 0.1) is 0 Å². The average molecular weight is 186 g/mol. The Balaban J connectivity index is 0.000000451. The number of rotatable bonds is 1. The van der Waals surface area contributed by atoms with Crippen molar-refractivity contribution in [1.29, 1.82) is 0 Å². The third kappa shape index (κ3) is 2.44. The summed E-state index contributed by atoms with van der Waals surface area (Å²) in [5, 5.41) is 3.43. The number of hydrogen-bond acceptors (Lipinski definition) is 2. The quantitative estimate of drug-likeness (QED) is 0.676. The fourth-order valence-electron chi connectivity index (χ4n) is 2.02. The number of nitrogens with zero attached hydrogens (tertiary/aromatic N) is 1. The van der Waals surface area contributed by atoms with Crippen LogP contribution in [-0.2, 0) is 0 Å². The van der Waals surface area contributed by atoms with Gasteiger partial charge in [0.25, 0.3) is 0 Å². The zero-order chi connectivity index (χ0) is 9.19. The third-order valence-corrected chi connectivity index (χ3v) is 2.80. The average Bonchev–Trinajstić information content (AvgIpc) is 2.66. The van der Waals surface area contributed by atoms with Crippen molar-refractivity contribution in [3.63, 3.8) is 0 Å². The van der Waals surface area contributed by atoms with Gasteiger partial charge in [-0.1, -0.05) is 21.3 Å².